The number of benzene rings is 1. The van der Waals surface area contributed by atoms with Gasteiger partial charge in [0.25, 0.3) is 0 Å². The van der Waals surface area contributed by atoms with Crippen LogP contribution in [0.15, 0.2) is 18.2 Å². The van der Waals surface area contributed by atoms with Crippen LogP contribution in [0.3, 0.4) is 0 Å². The number of hydrogen-bond acceptors (Lipinski definition) is 4. The Hall–Kier alpha value is -1.10. The molecule has 0 saturated heterocycles. The first-order valence-corrected chi connectivity index (χ1v) is 7.91. The maximum absolute atomic E-state index is 6.09. The largest absolute Gasteiger partial charge is 0.383 e. The number of likely N-dealkylation sites (N-methyl/N-ethyl adjacent to an activating group) is 2. The van der Waals surface area contributed by atoms with E-state index in [0.29, 0.717) is 12.6 Å². The molecule has 2 unspecified atom stereocenters. The van der Waals surface area contributed by atoms with E-state index in [1.807, 2.05) is 0 Å². The zero-order valence-electron chi connectivity index (χ0n) is 13.8. The molecule has 118 valence electrons. The molecule has 0 amide bonds. The average molecular weight is 291 g/mol. The van der Waals surface area contributed by atoms with Gasteiger partial charge in [-0.3, -0.25) is 4.90 Å². The van der Waals surface area contributed by atoms with Gasteiger partial charge in [-0.05, 0) is 37.1 Å². The molecule has 1 aliphatic rings. The number of nitrogens with two attached hydrogens (primary N) is 1. The third kappa shape index (κ3) is 3.39. The van der Waals surface area contributed by atoms with Crippen molar-refractivity contribution in [2.45, 2.75) is 32.4 Å². The molecule has 2 atom stereocenters. The van der Waals surface area contributed by atoms with Crippen LogP contribution in [-0.4, -0.2) is 51.3 Å². The van der Waals surface area contributed by atoms with Crippen molar-refractivity contribution in [2.24, 2.45) is 5.73 Å². The third-order valence-corrected chi connectivity index (χ3v) is 4.58. The summed E-state index contributed by atoms with van der Waals surface area (Å²) in [5.74, 6) is 0. The van der Waals surface area contributed by atoms with Crippen LogP contribution in [0, 0.1) is 0 Å². The lowest BCUT2D eigenvalue weighted by molar-refractivity contribution is 0.0751. The molecule has 1 aromatic rings. The van der Waals surface area contributed by atoms with E-state index < -0.39 is 0 Å². The lowest BCUT2D eigenvalue weighted by Gasteiger charge is -2.35. The minimum Gasteiger partial charge on any atom is -0.383 e. The minimum absolute atomic E-state index is 0.261. The molecule has 2 rings (SSSR count). The van der Waals surface area contributed by atoms with Gasteiger partial charge in [0.2, 0.25) is 0 Å². The van der Waals surface area contributed by atoms with E-state index in [-0.39, 0.29) is 6.04 Å². The number of rotatable bonds is 7. The highest BCUT2D eigenvalue weighted by atomic mass is 16.5. The first-order valence-electron chi connectivity index (χ1n) is 7.91. The van der Waals surface area contributed by atoms with Gasteiger partial charge >= 0.3 is 0 Å². The Kier molecular flexibility index (Phi) is 5.62. The van der Waals surface area contributed by atoms with Crippen molar-refractivity contribution in [2.75, 3.05) is 45.3 Å². The second kappa shape index (κ2) is 7.25. The summed E-state index contributed by atoms with van der Waals surface area (Å²) >= 11 is 0. The van der Waals surface area contributed by atoms with Crippen LogP contribution in [0.2, 0.25) is 0 Å². The fraction of sp³-hybridized carbons (Fsp3) is 0.647. The molecular formula is C17H29N3O. The maximum atomic E-state index is 6.09. The van der Waals surface area contributed by atoms with E-state index in [2.05, 4.69) is 48.9 Å². The van der Waals surface area contributed by atoms with Gasteiger partial charge in [-0.25, -0.2) is 0 Å². The van der Waals surface area contributed by atoms with Crippen molar-refractivity contribution >= 4 is 5.69 Å². The lowest BCUT2D eigenvalue weighted by Crippen LogP contribution is -2.42. The van der Waals surface area contributed by atoms with Crippen molar-refractivity contribution in [3.8, 4) is 0 Å². The Bertz CT molecular complexity index is 463. The highest BCUT2D eigenvalue weighted by Gasteiger charge is 2.24. The fourth-order valence-electron chi connectivity index (χ4n) is 3.43. The van der Waals surface area contributed by atoms with E-state index >= 15 is 0 Å². The van der Waals surface area contributed by atoms with Crippen molar-refractivity contribution < 1.29 is 4.74 Å². The van der Waals surface area contributed by atoms with Crippen LogP contribution in [-0.2, 0) is 11.2 Å². The van der Waals surface area contributed by atoms with E-state index in [9.17, 15) is 0 Å². The molecule has 21 heavy (non-hydrogen) atoms. The summed E-state index contributed by atoms with van der Waals surface area (Å²) < 4.78 is 5.32. The molecule has 0 fully saturated rings. The van der Waals surface area contributed by atoms with Crippen LogP contribution in [0.4, 0.5) is 5.69 Å². The number of methoxy groups -OCH3 is 1. The molecule has 1 aromatic carbocycles. The first-order chi connectivity index (χ1) is 10.1. The van der Waals surface area contributed by atoms with Gasteiger partial charge in [0.1, 0.15) is 0 Å². The lowest BCUT2D eigenvalue weighted by atomic mass is 10.00. The van der Waals surface area contributed by atoms with Gasteiger partial charge in [0, 0.05) is 45.0 Å². The van der Waals surface area contributed by atoms with Crippen LogP contribution in [0.5, 0.6) is 0 Å². The van der Waals surface area contributed by atoms with Gasteiger partial charge in [-0.2, -0.15) is 0 Å². The number of fused-ring (bicyclic) bond motifs is 1. The molecule has 0 spiro atoms. The summed E-state index contributed by atoms with van der Waals surface area (Å²) in [6.07, 6.45) is 1.14. The molecule has 4 nitrogen and oxygen atoms in total. The molecule has 0 radical (unpaired) electrons. The summed E-state index contributed by atoms with van der Waals surface area (Å²) in [6.45, 7) is 7.86. The number of hydrogen-bond donors (Lipinski definition) is 1. The monoisotopic (exact) mass is 291 g/mol. The van der Waals surface area contributed by atoms with Gasteiger partial charge in [-0.15, -0.1) is 0 Å². The molecule has 2 N–H and O–H groups in total. The topological polar surface area (TPSA) is 41.7 Å². The second-order valence-corrected chi connectivity index (χ2v) is 5.95. The molecule has 1 aliphatic heterocycles. The molecule has 4 heteroatoms. The highest BCUT2D eigenvalue weighted by molar-refractivity contribution is 5.58. The van der Waals surface area contributed by atoms with Gasteiger partial charge in [-0.1, -0.05) is 19.1 Å². The predicted molar refractivity (Wildman–Crippen MR) is 88.9 cm³/mol. The van der Waals surface area contributed by atoms with Gasteiger partial charge < -0.3 is 15.4 Å². The Morgan fingerprint density at radius 2 is 2.19 bits per heavy atom. The summed E-state index contributed by atoms with van der Waals surface area (Å²) in [7, 11) is 3.91. The Morgan fingerprint density at radius 3 is 2.81 bits per heavy atom. The van der Waals surface area contributed by atoms with Crippen LogP contribution >= 0.6 is 0 Å². The quantitative estimate of drug-likeness (QED) is 0.835. The van der Waals surface area contributed by atoms with Crippen LogP contribution < -0.4 is 10.6 Å². The fourth-order valence-corrected chi connectivity index (χ4v) is 3.43. The summed E-state index contributed by atoms with van der Waals surface area (Å²) in [5, 5.41) is 0. The highest BCUT2D eigenvalue weighted by Crippen LogP contribution is 2.31. The SMILES string of the molecule is CCN(C(C)COC)C(CN)c1ccc2c(c1)CCN2C. The number of anilines is 1. The summed E-state index contributed by atoms with van der Waals surface area (Å²) in [5.41, 5.74) is 10.2. The summed E-state index contributed by atoms with van der Waals surface area (Å²) in [4.78, 5) is 4.76. The first kappa shape index (κ1) is 16.3. The second-order valence-electron chi connectivity index (χ2n) is 5.95. The van der Waals surface area contributed by atoms with Crippen molar-refractivity contribution in [3.63, 3.8) is 0 Å². The average Bonchev–Trinajstić information content (AvgIpc) is 2.85. The Labute approximate surface area is 128 Å². The molecule has 0 aromatic heterocycles. The minimum atomic E-state index is 0.261. The molecule has 0 aliphatic carbocycles. The summed E-state index contributed by atoms with van der Waals surface area (Å²) in [6, 6.07) is 7.45. The smallest absolute Gasteiger partial charge is 0.0615 e. The van der Waals surface area contributed by atoms with Gasteiger partial charge in [0.15, 0.2) is 0 Å². The standard InChI is InChI=1S/C17H29N3O/c1-5-20(13(2)12-21-4)17(11-18)14-6-7-16-15(10-14)8-9-19(16)3/h6-7,10,13,17H,5,8-9,11-12,18H2,1-4H3. The van der Waals surface area contributed by atoms with E-state index in [0.717, 1.165) is 26.1 Å². The van der Waals surface area contributed by atoms with Crippen LogP contribution in [0.25, 0.3) is 0 Å². The number of nitrogens with zero attached hydrogens (tertiary/aromatic N) is 2. The number of ether oxygens (including phenoxy) is 1. The Balaban J connectivity index is 2.24. The predicted octanol–water partition coefficient (Wildman–Crippen LogP) is 2.04. The molecule has 0 saturated carbocycles. The van der Waals surface area contributed by atoms with E-state index in [1.54, 1.807) is 7.11 Å². The van der Waals surface area contributed by atoms with Crippen molar-refractivity contribution in [3.05, 3.63) is 29.3 Å². The molecule has 1 heterocycles. The molecular weight excluding hydrogens is 262 g/mol. The van der Waals surface area contributed by atoms with Gasteiger partial charge in [0.05, 0.1) is 6.61 Å². The van der Waals surface area contributed by atoms with Crippen molar-refractivity contribution in [1.29, 1.82) is 0 Å². The van der Waals surface area contributed by atoms with Crippen molar-refractivity contribution in [1.82, 2.24) is 4.90 Å². The zero-order valence-corrected chi connectivity index (χ0v) is 13.8. The van der Waals surface area contributed by atoms with E-state index in [4.69, 9.17) is 10.5 Å². The van der Waals surface area contributed by atoms with Crippen LogP contribution in [0.1, 0.15) is 31.0 Å². The molecule has 0 bridgehead atoms. The zero-order chi connectivity index (χ0) is 15.4. The third-order valence-electron chi connectivity index (χ3n) is 4.58. The van der Waals surface area contributed by atoms with E-state index in [1.165, 1.54) is 16.8 Å². The Morgan fingerprint density at radius 1 is 1.43 bits per heavy atom. The normalized spacial score (nSPS) is 17.1. The maximum Gasteiger partial charge on any atom is 0.0615 e.